The van der Waals surface area contributed by atoms with Gasteiger partial charge in [-0.15, -0.1) is 0 Å². The van der Waals surface area contributed by atoms with Crippen LogP contribution in [0.5, 0.6) is 0 Å². The van der Waals surface area contributed by atoms with Crippen LogP contribution < -0.4 is 16.4 Å². The molecule has 2 rings (SSSR count). The number of aliphatic hydroxyl groups excluding tert-OH is 1. The summed E-state index contributed by atoms with van der Waals surface area (Å²) in [5.41, 5.74) is 8.80. The number of benzene rings is 1. The van der Waals surface area contributed by atoms with Crippen molar-refractivity contribution in [2.45, 2.75) is 58.2 Å². The number of aliphatic carboxylic acids is 1. The van der Waals surface area contributed by atoms with Crippen molar-refractivity contribution in [3.8, 4) is 0 Å². The van der Waals surface area contributed by atoms with Crippen molar-refractivity contribution in [2.24, 2.45) is 5.73 Å². The number of carboxylic acid groups (broad SMARTS) is 1. The normalized spacial score (nSPS) is 14.5. The van der Waals surface area contributed by atoms with E-state index in [0.717, 1.165) is 38.5 Å². The number of nitrogens with zero attached hydrogens (tertiary/aromatic N) is 1. The number of carbonyl (C=O) groups is 2. The van der Waals surface area contributed by atoms with Crippen molar-refractivity contribution in [2.75, 3.05) is 38.5 Å². The van der Waals surface area contributed by atoms with E-state index >= 15 is 0 Å². The molecule has 184 valence electrons. The van der Waals surface area contributed by atoms with Crippen molar-refractivity contribution < 1.29 is 19.8 Å². The number of nitrogens with two attached hydrogens (primary N) is 1. The second-order valence-electron chi connectivity index (χ2n) is 7.63. The molecule has 0 aromatic heterocycles. The van der Waals surface area contributed by atoms with Crippen LogP contribution in [0.15, 0.2) is 24.3 Å². The van der Waals surface area contributed by atoms with Gasteiger partial charge in [-0.1, -0.05) is 51.0 Å². The minimum atomic E-state index is -1.14. The lowest BCUT2D eigenvalue weighted by atomic mass is 10.00. The summed E-state index contributed by atoms with van der Waals surface area (Å²) in [6, 6.07) is 7.95. The summed E-state index contributed by atoms with van der Waals surface area (Å²) in [4.78, 5) is 22.4. The number of aliphatic hydroxyl groups is 1. The van der Waals surface area contributed by atoms with E-state index < -0.39 is 12.0 Å². The predicted molar refractivity (Wildman–Crippen MR) is 133 cm³/mol. The zero-order valence-electron chi connectivity index (χ0n) is 19.5. The van der Waals surface area contributed by atoms with E-state index in [2.05, 4.69) is 61.0 Å². The van der Waals surface area contributed by atoms with Gasteiger partial charge in [-0.3, -0.25) is 9.69 Å². The molecule has 1 amide bonds. The minimum Gasteiger partial charge on any atom is -0.480 e. The Kier molecular flexibility index (Phi) is 19.0. The van der Waals surface area contributed by atoms with Gasteiger partial charge in [0.1, 0.15) is 6.04 Å². The fourth-order valence-electron chi connectivity index (χ4n) is 2.82. The molecule has 2 atom stereocenters. The Bertz CT molecular complexity index is 619. The summed E-state index contributed by atoms with van der Waals surface area (Å²) in [5, 5.41) is 22.0. The lowest BCUT2D eigenvalue weighted by Gasteiger charge is -2.28. The maximum Gasteiger partial charge on any atom is 0.326 e. The van der Waals surface area contributed by atoms with Gasteiger partial charge < -0.3 is 26.6 Å². The summed E-state index contributed by atoms with van der Waals surface area (Å²) in [6.45, 7) is 9.30. The van der Waals surface area contributed by atoms with Crippen LogP contribution in [0.4, 0.5) is 0 Å². The van der Waals surface area contributed by atoms with Crippen LogP contribution in [0.25, 0.3) is 0 Å². The summed E-state index contributed by atoms with van der Waals surface area (Å²) in [5.74, 6) is -0.398. The second kappa shape index (κ2) is 20.0. The maximum absolute atomic E-state index is 10.1. The van der Waals surface area contributed by atoms with Crippen LogP contribution in [-0.2, 0) is 22.6 Å². The molecule has 1 aliphatic heterocycles. The third kappa shape index (κ3) is 14.4. The lowest BCUT2D eigenvalue weighted by molar-refractivity contribution is -0.141. The van der Waals surface area contributed by atoms with Gasteiger partial charge in [-0.25, -0.2) is 4.79 Å². The molecule has 9 heteroatoms. The largest absolute Gasteiger partial charge is 0.480 e. The highest BCUT2D eigenvalue weighted by atomic mass is 32.1. The molecular formula is C23H42N4O4S. The molecule has 0 radical (unpaired) electrons. The van der Waals surface area contributed by atoms with E-state index in [-0.39, 0.29) is 19.1 Å². The number of hydrogen-bond donors (Lipinski definition) is 6. The molecular weight excluding hydrogens is 428 g/mol. The van der Waals surface area contributed by atoms with E-state index in [0.29, 0.717) is 6.41 Å². The van der Waals surface area contributed by atoms with Crippen molar-refractivity contribution in [1.82, 2.24) is 15.5 Å². The Morgan fingerprint density at radius 3 is 2.47 bits per heavy atom. The Hall–Kier alpha value is -1.65. The third-order valence-corrected chi connectivity index (χ3v) is 5.41. The first kappa shape index (κ1) is 30.4. The molecule has 0 spiro atoms. The van der Waals surface area contributed by atoms with Crippen molar-refractivity contribution in [3.63, 3.8) is 0 Å². The number of fused-ring (bicyclic) bond motifs is 1. The SMILES string of the molecule is CCCC.NC(CS)CNCCN1CCc2ccccc2C1.O=CN[C@@H](CCO)C(=O)O. The van der Waals surface area contributed by atoms with Crippen molar-refractivity contribution >= 4 is 25.0 Å². The quantitative estimate of drug-likeness (QED) is 0.154. The number of unbranched alkanes of at least 4 members (excludes halogenated alkanes) is 1. The van der Waals surface area contributed by atoms with E-state index in [1.54, 1.807) is 0 Å². The molecule has 32 heavy (non-hydrogen) atoms. The van der Waals surface area contributed by atoms with Crippen LogP contribution in [0.2, 0.25) is 0 Å². The van der Waals surface area contributed by atoms with Crippen molar-refractivity contribution in [1.29, 1.82) is 0 Å². The topological polar surface area (TPSA) is 128 Å². The van der Waals surface area contributed by atoms with Crippen molar-refractivity contribution in [3.05, 3.63) is 35.4 Å². The molecule has 0 aliphatic carbocycles. The first-order valence-electron chi connectivity index (χ1n) is 11.3. The van der Waals surface area contributed by atoms with Crippen LogP contribution in [0.3, 0.4) is 0 Å². The molecule has 1 aromatic carbocycles. The van der Waals surface area contributed by atoms with Gasteiger partial charge in [0.05, 0.1) is 0 Å². The molecule has 1 unspecified atom stereocenters. The van der Waals surface area contributed by atoms with Gasteiger partial charge in [-0.05, 0) is 17.5 Å². The first-order chi connectivity index (χ1) is 15.4. The zero-order chi connectivity index (χ0) is 24.2. The fourth-order valence-corrected chi connectivity index (χ4v) is 2.95. The number of thiol groups is 1. The molecule has 0 saturated carbocycles. The molecule has 0 bridgehead atoms. The molecule has 0 saturated heterocycles. The van der Waals surface area contributed by atoms with E-state index in [1.165, 1.54) is 30.4 Å². The number of carbonyl (C=O) groups excluding carboxylic acids is 1. The standard InChI is InChI=1S/C14H23N3S.C5H9NO4.C4H10/c15-14(11-18)9-16-6-8-17-7-5-12-3-1-2-4-13(12)10-17;7-2-1-4(5(9)10)6-3-8;1-3-4-2/h1-4,14,16,18H,5-11,15H2;3-4,7H,1-2H2,(H,6,8)(H,9,10);3-4H2,1-2H3/t;4-;/m.0./s1. The van der Waals surface area contributed by atoms with E-state index in [4.69, 9.17) is 15.9 Å². The summed E-state index contributed by atoms with van der Waals surface area (Å²) in [6.07, 6.45) is 4.15. The summed E-state index contributed by atoms with van der Waals surface area (Å²) >= 11 is 4.18. The zero-order valence-corrected chi connectivity index (χ0v) is 20.4. The van der Waals surface area contributed by atoms with E-state index in [9.17, 15) is 9.59 Å². The third-order valence-electron chi connectivity index (χ3n) is 4.94. The molecule has 8 nitrogen and oxygen atoms in total. The van der Waals surface area contributed by atoms with Gasteiger partial charge in [0.15, 0.2) is 0 Å². The highest BCUT2D eigenvalue weighted by Gasteiger charge is 2.15. The summed E-state index contributed by atoms with van der Waals surface area (Å²) < 4.78 is 0. The Morgan fingerprint density at radius 2 is 1.94 bits per heavy atom. The summed E-state index contributed by atoms with van der Waals surface area (Å²) in [7, 11) is 0. The highest BCUT2D eigenvalue weighted by Crippen LogP contribution is 2.17. The average Bonchev–Trinajstić information content (AvgIpc) is 2.82. The highest BCUT2D eigenvalue weighted by molar-refractivity contribution is 7.80. The van der Waals surface area contributed by atoms with Crippen LogP contribution in [-0.4, -0.2) is 78.1 Å². The fraction of sp³-hybridized carbons (Fsp3) is 0.652. The van der Waals surface area contributed by atoms with Crippen LogP contribution in [0.1, 0.15) is 44.2 Å². The average molecular weight is 471 g/mol. The number of carboxylic acids is 1. The Morgan fingerprint density at radius 1 is 1.28 bits per heavy atom. The monoisotopic (exact) mass is 470 g/mol. The number of hydrogen-bond acceptors (Lipinski definition) is 7. The molecule has 1 heterocycles. The number of nitrogens with one attached hydrogen (secondary N) is 2. The molecule has 1 aliphatic rings. The van der Waals surface area contributed by atoms with Gasteiger partial charge in [0.2, 0.25) is 6.41 Å². The Balaban J connectivity index is 0.000000581. The molecule has 6 N–H and O–H groups in total. The van der Waals surface area contributed by atoms with Gasteiger partial charge in [-0.2, -0.15) is 12.6 Å². The Labute approximate surface area is 198 Å². The smallest absolute Gasteiger partial charge is 0.326 e. The molecule has 0 fully saturated rings. The van der Waals surface area contributed by atoms with E-state index in [1.807, 2.05) is 5.32 Å². The number of rotatable bonds is 12. The van der Waals surface area contributed by atoms with Gasteiger partial charge >= 0.3 is 5.97 Å². The van der Waals surface area contributed by atoms with Gasteiger partial charge in [0.25, 0.3) is 0 Å². The van der Waals surface area contributed by atoms with Gasteiger partial charge in [0, 0.05) is 57.5 Å². The number of amides is 1. The predicted octanol–water partition coefficient (Wildman–Crippen LogP) is 1.27. The minimum absolute atomic E-state index is 0.0358. The lowest BCUT2D eigenvalue weighted by Crippen LogP contribution is -2.40. The van der Waals surface area contributed by atoms with Crippen LogP contribution >= 0.6 is 12.6 Å². The van der Waals surface area contributed by atoms with Crippen LogP contribution in [0, 0.1) is 0 Å². The molecule has 1 aromatic rings. The first-order valence-corrected chi connectivity index (χ1v) is 12.0. The second-order valence-corrected chi connectivity index (χ2v) is 7.99. The maximum atomic E-state index is 10.1.